The Bertz CT molecular complexity index is 9.61. The van der Waals surface area contributed by atoms with E-state index >= 15 is 0 Å². The molecule has 0 atom stereocenters. The number of rotatable bonds is 0. The average molecular weight is 391 g/mol. The van der Waals surface area contributed by atoms with Crippen LogP contribution in [0.15, 0.2) is 0 Å². The Hall–Kier alpha value is 2.26. The predicted molar refractivity (Wildman–Crippen MR) is 14.6 cm³/mol. The second-order valence-electron chi connectivity index (χ2n) is 0. The molecule has 0 heterocycles. The van der Waals surface area contributed by atoms with Crippen LogP contribution in [-0.4, -0.2) is 23.9 Å². The summed E-state index contributed by atoms with van der Waals surface area (Å²) in [7, 11) is 0. The molecule has 0 bridgehead atoms. The van der Waals surface area contributed by atoms with Crippen LogP contribution in [-0.2, 0) is 0 Å². The van der Waals surface area contributed by atoms with E-state index in [0.717, 1.165) is 0 Å². The van der Waals surface area contributed by atoms with E-state index in [9.17, 15) is 0 Å². The summed E-state index contributed by atoms with van der Waals surface area (Å²) in [6, 6.07) is 0. The fraction of sp³-hybridized carbons (Fsp3) is 1.00. The van der Waals surface area contributed by atoms with Gasteiger partial charge in [-0.3, -0.25) is 0 Å². The third-order valence-electron chi connectivity index (χ3n) is 0. The van der Waals surface area contributed by atoms with Gasteiger partial charge in [-0.1, -0.05) is 7.43 Å². The Morgan fingerprint density at radius 3 is 1.00 bits per heavy atom. The van der Waals surface area contributed by atoms with Gasteiger partial charge in [0.25, 0.3) is 0 Å². The molecule has 28 valence electrons. The zero-order valence-corrected chi connectivity index (χ0v) is 8.43. The fourth-order valence-corrected chi connectivity index (χ4v) is 0. The Balaban J connectivity index is 0. The Morgan fingerprint density at radius 1 is 1.00 bits per heavy atom. The van der Waals surface area contributed by atoms with Crippen molar-refractivity contribution >= 4 is 23.9 Å². The molecule has 0 saturated heterocycles. The molecular formula is CH6I2Sn. The van der Waals surface area contributed by atoms with Gasteiger partial charge in [0, 0.05) is 1.43 Å². The van der Waals surface area contributed by atoms with E-state index in [4.69, 9.17) is 0 Å². The monoisotopic (exact) mass is 392 g/mol. The number of hydrogen-bond donors (Lipinski definition) is 0. The van der Waals surface area contributed by atoms with E-state index in [2.05, 4.69) is 0 Å². The molecule has 0 fully saturated rings. The van der Waals surface area contributed by atoms with Crippen molar-refractivity contribution in [2.75, 3.05) is 0 Å². The molecule has 0 aliphatic carbocycles. The molecule has 2 radical (unpaired) electrons. The summed E-state index contributed by atoms with van der Waals surface area (Å²) < 4.78 is 0. The molecule has 0 amide bonds. The van der Waals surface area contributed by atoms with Crippen molar-refractivity contribution in [3.8, 4) is 0 Å². The molecule has 0 aliphatic rings. The van der Waals surface area contributed by atoms with Gasteiger partial charge in [0.1, 0.15) is 0 Å². The normalized spacial score (nSPS) is 0. The van der Waals surface area contributed by atoms with E-state index in [1.165, 1.54) is 0 Å². The summed E-state index contributed by atoms with van der Waals surface area (Å²) in [6.07, 6.45) is 0. The Morgan fingerprint density at radius 2 is 1.00 bits per heavy atom. The van der Waals surface area contributed by atoms with Crippen LogP contribution in [0.2, 0.25) is 0 Å². The van der Waals surface area contributed by atoms with E-state index in [1.54, 1.807) is 0 Å². The second-order valence-corrected chi connectivity index (χ2v) is 0. The van der Waals surface area contributed by atoms with Gasteiger partial charge in [-0.2, -0.15) is 0 Å². The van der Waals surface area contributed by atoms with Crippen molar-refractivity contribution in [2.45, 2.75) is 7.43 Å². The molecule has 0 unspecified atom stereocenters. The summed E-state index contributed by atoms with van der Waals surface area (Å²) in [6.45, 7) is 0. The summed E-state index contributed by atoms with van der Waals surface area (Å²) in [5.74, 6) is 0. The molecule has 0 aromatic heterocycles. The number of hydrogen-bond acceptors (Lipinski definition) is 0. The predicted octanol–water partition coefficient (Wildman–Crippen LogP) is -5.49. The Labute approximate surface area is 79.6 Å². The molecule has 0 N–H and O–H groups in total. The van der Waals surface area contributed by atoms with E-state index < -0.39 is 0 Å². The molecule has 0 aliphatic heterocycles. The molecule has 0 nitrogen and oxygen atoms in total. The van der Waals surface area contributed by atoms with Crippen LogP contribution in [0.25, 0.3) is 0 Å². The number of halogens is 2. The third kappa shape index (κ3) is 8.86. The minimum Gasteiger partial charge on any atom is -1.00 e. The zero-order chi connectivity index (χ0) is 0. The van der Waals surface area contributed by atoms with Gasteiger partial charge in [0.2, 0.25) is 0 Å². The first-order chi connectivity index (χ1) is 0. The van der Waals surface area contributed by atoms with Gasteiger partial charge >= 0.3 is 23.9 Å². The van der Waals surface area contributed by atoms with E-state index in [0.29, 0.717) is 0 Å². The van der Waals surface area contributed by atoms with Crippen LogP contribution in [0.5, 0.6) is 0 Å². The largest absolute Gasteiger partial charge is 2.00 e. The van der Waals surface area contributed by atoms with Gasteiger partial charge in [0.15, 0.2) is 0 Å². The average Bonchev–Trinajstić information content (AvgIpc) is 0. The molecule has 0 saturated carbocycles. The van der Waals surface area contributed by atoms with Crippen LogP contribution in [0.4, 0.5) is 0 Å². The molecule has 0 rings (SSSR count). The van der Waals surface area contributed by atoms with Gasteiger partial charge in [-0.15, -0.1) is 0 Å². The second kappa shape index (κ2) is 18.7. The maximum Gasteiger partial charge on any atom is 2.00 e. The van der Waals surface area contributed by atoms with Crippen molar-refractivity contribution in [3.63, 3.8) is 0 Å². The molecule has 0 aromatic carbocycles. The minimum atomic E-state index is 0. The van der Waals surface area contributed by atoms with Crippen molar-refractivity contribution < 1.29 is 49.4 Å². The maximum atomic E-state index is 0. The molecular weight excluding hydrogens is 385 g/mol. The molecule has 0 spiro atoms. The third-order valence-corrected chi connectivity index (χ3v) is 0. The quantitative estimate of drug-likeness (QED) is 0.286. The van der Waals surface area contributed by atoms with Gasteiger partial charge in [0.05, 0.1) is 0 Å². The van der Waals surface area contributed by atoms with Crippen LogP contribution in [0.1, 0.15) is 8.85 Å². The minimum absolute atomic E-state index is 0. The SMILES string of the molecule is C.[HH].[I-].[I-].[Sn+2]. The van der Waals surface area contributed by atoms with Crippen LogP contribution in [0, 0.1) is 0 Å². The first-order valence-corrected chi connectivity index (χ1v) is 0. The molecule has 4 heavy (non-hydrogen) atoms. The van der Waals surface area contributed by atoms with Gasteiger partial charge < -0.3 is 48.0 Å². The summed E-state index contributed by atoms with van der Waals surface area (Å²) in [4.78, 5) is 0. The first kappa shape index (κ1) is 33.9. The molecule has 0 aromatic rings. The standard InChI is InChI=1S/CH4.2HI.Sn.H2/h1H4;2*1H;;1H/q;;;+2;/p-2. The summed E-state index contributed by atoms with van der Waals surface area (Å²) in [5, 5.41) is 0. The Kier molecular flexibility index (Phi) is 159. The van der Waals surface area contributed by atoms with Gasteiger partial charge in [-0.25, -0.2) is 0 Å². The van der Waals surface area contributed by atoms with Crippen LogP contribution < -0.4 is 48.0 Å². The summed E-state index contributed by atoms with van der Waals surface area (Å²) >= 11 is 0. The smallest absolute Gasteiger partial charge is 1.00 e. The zero-order valence-electron chi connectivity index (χ0n) is 1.26. The first-order valence-electron chi connectivity index (χ1n) is 0. The van der Waals surface area contributed by atoms with Gasteiger partial charge in [-0.05, 0) is 0 Å². The summed E-state index contributed by atoms with van der Waals surface area (Å²) in [5.41, 5.74) is 0. The van der Waals surface area contributed by atoms with Crippen molar-refractivity contribution in [1.82, 2.24) is 0 Å². The fourth-order valence-electron chi connectivity index (χ4n) is 0. The topological polar surface area (TPSA) is 0 Å². The van der Waals surface area contributed by atoms with E-state index in [1.807, 2.05) is 0 Å². The van der Waals surface area contributed by atoms with Crippen molar-refractivity contribution in [3.05, 3.63) is 0 Å². The molecule has 3 heteroatoms. The van der Waals surface area contributed by atoms with Crippen molar-refractivity contribution in [1.29, 1.82) is 0 Å². The van der Waals surface area contributed by atoms with Crippen LogP contribution >= 0.6 is 0 Å². The maximum absolute atomic E-state index is 0. The van der Waals surface area contributed by atoms with E-state index in [-0.39, 0.29) is 80.7 Å². The van der Waals surface area contributed by atoms with Crippen LogP contribution in [0.3, 0.4) is 0 Å². The van der Waals surface area contributed by atoms with Crippen molar-refractivity contribution in [2.24, 2.45) is 0 Å².